The van der Waals surface area contributed by atoms with Crippen LogP contribution in [-0.2, 0) is 10.5 Å². The standard InChI is InChI=1S/C15H12FNO2S/c16-14-3-1-11(9-12(14)2-4-15(18)19)10-20-13-5-7-17-8-6-13/h1-9H,10H2,(H,18,19)/b4-2+. The lowest BCUT2D eigenvalue weighted by atomic mass is 10.1. The van der Waals surface area contributed by atoms with Gasteiger partial charge in [0.15, 0.2) is 0 Å². The second kappa shape index (κ2) is 6.86. The predicted octanol–water partition coefficient (Wildman–Crippen LogP) is 3.61. The van der Waals surface area contributed by atoms with Crippen molar-refractivity contribution in [2.45, 2.75) is 10.6 Å². The molecule has 2 aromatic rings. The number of pyridine rings is 1. The number of nitrogens with zero attached hydrogens (tertiary/aromatic N) is 1. The van der Waals surface area contributed by atoms with E-state index in [0.29, 0.717) is 5.75 Å². The monoisotopic (exact) mass is 289 g/mol. The van der Waals surface area contributed by atoms with Crippen molar-refractivity contribution in [1.29, 1.82) is 0 Å². The molecule has 1 aromatic heterocycles. The van der Waals surface area contributed by atoms with E-state index in [1.54, 1.807) is 36.3 Å². The zero-order valence-corrected chi connectivity index (χ0v) is 11.3. The summed E-state index contributed by atoms with van der Waals surface area (Å²) < 4.78 is 13.5. The highest BCUT2D eigenvalue weighted by molar-refractivity contribution is 7.98. The Hall–Kier alpha value is -2.14. The third-order valence-corrected chi connectivity index (χ3v) is 3.60. The number of carboxylic acid groups (broad SMARTS) is 1. The van der Waals surface area contributed by atoms with Crippen LogP contribution in [0, 0.1) is 5.82 Å². The Kier molecular flexibility index (Phi) is 4.90. The van der Waals surface area contributed by atoms with Crippen molar-refractivity contribution in [2.24, 2.45) is 0 Å². The summed E-state index contributed by atoms with van der Waals surface area (Å²) in [5, 5.41) is 8.57. The van der Waals surface area contributed by atoms with Crippen LogP contribution in [0.1, 0.15) is 11.1 Å². The number of hydrogen-bond acceptors (Lipinski definition) is 3. The van der Waals surface area contributed by atoms with Crippen molar-refractivity contribution in [3.8, 4) is 0 Å². The molecular formula is C15H12FNO2S. The first-order chi connectivity index (χ1) is 9.65. The average Bonchev–Trinajstić information content (AvgIpc) is 2.46. The minimum Gasteiger partial charge on any atom is -0.478 e. The molecule has 0 aliphatic rings. The molecule has 0 saturated heterocycles. The molecule has 0 spiro atoms. The molecule has 2 rings (SSSR count). The highest BCUT2D eigenvalue weighted by atomic mass is 32.2. The molecule has 0 saturated carbocycles. The van der Waals surface area contributed by atoms with Gasteiger partial charge < -0.3 is 5.11 Å². The quantitative estimate of drug-likeness (QED) is 0.675. The highest BCUT2D eigenvalue weighted by Crippen LogP contribution is 2.23. The molecule has 102 valence electrons. The largest absolute Gasteiger partial charge is 0.478 e. The Balaban J connectivity index is 2.09. The lowest BCUT2D eigenvalue weighted by molar-refractivity contribution is -0.131. The fourth-order valence-electron chi connectivity index (χ4n) is 1.57. The van der Waals surface area contributed by atoms with Gasteiger partial charge in [-0.1, -0.05) is 6.07 Å². The molecular weight excluding hydrogens is 277 g/mol. The van der Waals surface area contributed by atoms with Crippen LogP contribution >= 0.6 is 11.8 Å². The van der Waals surface area contributed by atoms with Crippen molar-refractivity contribution in [3.05, 3.63) is 65.7 Å². The van der Waals surface area contributed by atoms with Gasteiger partial charge in [-0.25, -0.2) is 9.18 Å². The average molecular weight is 289 g/mol. The normalized spacial score (nSPS) is 10.8. The Morgan fingerprint density at radius 2 is 2.05 bits per heavy atom. The van der Waals surface area contributed by atoms with Crippen molar-refractivity contribution in [3.63, 3.8) is 0 Å². The van der Waals surface area contributed by atoms with E-state index in [0.717, 1.165) is 16.5 Å². The van der Waals surface area contributed by atoms with Crippen molar-refractivity contribution in [2.75, 3.05) is 0 Å². The number of hydrogen-bond donors (Lipinski definition) is 1. The maximum absolute atomic E-state index is 13.5. The van der Waals surface area contributed by atoms with Crippen molar-refractivity contribution < 1.29 is 14.3 Å². The molecule has 0 bridgehead atoms. The Morgan fingerprint density at radius 1 is 1.30 bits per heavy atom. The molecule has 0 fully saturated rings. The topological polar surface area (TPSA) is 50.2 Å². The minimum absolute atomic E-state index is 0.278. The van der Waals surface area contributed by atoms with Crippen LogP contribution in [0.2, 0.25) is 0 Å². The maximum atomic E-state index is 13.5. The van der Waals surface area contributed by atoms with E-state index < -0.39 is 11.8 Å². The highest BCUT2D eigenvalue weighted by Gasteiger charge is 2.02. The van der Waals surface area contributed by atoms with Gasteiger partial charge in [-0.15, -0.1) is 11.8 Å². The molecule has 0 aliphatic heterocycles. The van der Waals surface area contributed by atoms with Crippen molar-refractivity contribution in [1.82, 2.24) is 4.98 Å². The van der Waals surface area contributed by atoms with Gasteiger partial charge in [0.25, 0.3) is 0 Å². The SMILES string of the molecule is O=C(O)/C=C/c1cc(CSc2ccncc2)ccc1F. The molecule has 1 aromatic carbocycles. The number of carboxylic acids is 1. The van der Waals surface area contributed by atoms with Gasteiger partial charge >= 0.3 is 5.97 Å². The first-order valence-electron chi connectivity index (χ1n) is 5.87. The maximum Gasteiger partial charge on any atom is 0.328 e. The number of aromatic nitrogens is 1. The number of rotatable bonds is 5. The zero-order valence-electron chi connectivity index (χ0n) is 10.5. The zero-order chi connectivity index (χ0) is 14.4. The van der Waals surface area contributed by atoms with E-state index >= 15 is 0 Å². The summed E-state index contributed by atoms with van der Waals surface area (Å²) >= 11 is 1.61. The summed E-state index contributed by atoms with van der Waals surface area (Å²) in [5.74, 6) is -0.848. The van der Waals surface area contributed by atoms with Gasteiger partial charge in [0.1, 0.15) is 5.82 Å². The van der Waals surface area contributed by atoms with Gasteiger partial charge in [-0.2, -0.15) is 0 Å². The fourth-order valence-corrected chi connectivity index (χ4v) is 2.40. The number of benzene rings is 1. The minimum atomic E-state index is -1.10. The molecule has 0 atom stereocenters. The van der Waals surface area contributed by atoms with E-state index in [1.807, 2.05) is 12.1 Å². The van der Waals surface area contributed by atoms with Gasteiger partial charge in [0.2, 0.25) is 0 Å². The van der Waals surface area contributed by atoms with Gasteiger partial charge in [0, 0.05) is 34.7 Å². The molecule has 5 heteroatoms. The van der Waals surface area contributed by atoms with Crippen LogP contribution in [0.5, 0.6) is 0 Å². The smallest absolute Gasteiger partial charge is 0.328 e. The van der Waals surface area contributed by atoms with Gasteiger partial charge in [-0.3, -0.25) is 4.98 Å². The fraction of sp³-hybridized carbons (Fsp3) is 0.0667. The number of aliphatic carboxylic acids is 1. The lowest BCUT2D eigenvalue weighted by Gasteiger charge is -2.04. The molecule has 20 heavy (non-hydrogen) atoms. The van der Waals surface area contributed by atoms with E-state index in [9.17, 15) is 9.18 Å². The number of thioether (sulfide) groups is 1. The summed E-state index contributed by atoms with van der Waals surface area (Å²) in [6, 6.07) is 8.51. The summed E-state index contributed by atoms with van der Waals surface area (Å²) in [5.41, 5.74) is 1.21. The Morgan fingerprint density at radius 3 is 2.75 bits per heavy atom. The molecule has 3 nitrogen and oxygen atoms in total. The van der Waals surface area contributed by atoms with Gasteiger partial charge in [-0.05, 0) is 35.9 Å². The second-order valence-corrected chi connectivity index (χ2v) is 5.05. The van der Waals surface area contributed by atoms with E-state index in [-0.39, 0.29) is 5.56 Å². The van der Waals surface area contributed by atoms with E-state index in [4.69, 9.17) is 5.11 Å². The third-order valence-electron chi connectivity index (χ3n) is 2.52. The van der Waals surface area contributed by atoms with Gasteiger partial charge in [0.05, 0.1) is 0 Å². The number of carbonyl (C=O) groups is 1. The summed E-state index contributed by atoms with van der Waals surface area (Å²) in [6.07, 6.45) is 5.62. The van der Waals surface area contributed by atoms with E-state index in [2.05, 4.69) is 4.98 Å². The first-order valence-corrected chi connectivity index (χ1v) is 6.86. The van der Waals surface area contributed by atoms with E-state index in [1.165, 1.54) is 12.1 Å². The first kappa shape index (κ1) is 14.3. The van der Waals surface area contributed by atoms with Crippen LogP contribution in [0.3, 0.4) is 0 Å². The number of halogens is 1. The van der Waals surface area contributed by atoms with Crippen molar-refractivity contribution >= 4 is 23.8 Å². The lowest BCUT2D eigenvalue weighted by Crippen LogP contribution is -1.90. The molecule has 1 heterocycles. The Labute approximate surface area is 120 Å². The predicted molar refractivity (Wildman–Crippen MR) is 76.9 cm³/mol. The van der Waals surface area contributed by atoms with Crippen LogP contribution in [0.15, 0.2) is 53.7 Å². The summed E-state index contributed by atoms with van der Waals surface area (Å²) in [6.45, 7) is 0. The second-order valence-electron chi connectivity index (χ2n) is 4.00. The molecule has 0 amide bonds. The van der Waals surface area contributed by atoms with Crippen LogP contribution < -0.4 is 0 Å². The Bertz CT molecular complexity index is 629. The molecule has 0 aliphatic carbocycles. The molecule has 0 radical (unpaired) electrons. The van der Waals surface area contributed by atoms with Crippen LogP contribution in [0.25, 0.3) is 6.08 Å². The molecule has 1 N–H and O–H groups in total. The van der Waals surface area contributed by atoms with Crippen LogP contribution in [0.4, 0.5) is 4.39 Å². The summed E-state index contributed by atoms with van der Waals surface area (Å²) in [4.78, 5) is 15.5. The summed E-state index contributed by atoms with van der Waals surface area (Å²) in [7, 11) is 0. The third kappa shape index (κ3) is 4.20. The molecule has 0 unspecified atom stereocenters. The van der Waals surface area contributed by atoms with Crippen LogP contribution in [-0.4, -0.2) is 16.1 Å².